The van der Waals surface area contributed by atoms with Gasteiger partial charge in [0.05, 0.1) is 23.5 Å². The first kappa shape index (κ1) is 17.3. The van der Waals surface area contributed by atoms with E-state index < -0.39 is 5.82 Å². The molecule has 0 amide bonds. The summed E-state index contributed by atoms with van der Waals surface area (Å²) in [7, 11) is 0. The van der Waals surface area contributed by atoms with Crippen LogP contribution < -0.4 is 10.9 Å². The molecule has 2 heterocycles. The normalized spacial score (nSPS) is 19.7. The number of nitrogens with one attached hydrogen (secondary N) is 2. The Bertz CT molecular complexity index is 1070. The summed E-state index contributed by atoms with van der Waals surface area (Å²) in [5.41, 5.74) is 1.37. The molecule has 1 fully saturated rings. The van der Waals surface area contributed by atoms with Gasteiger partial charge in [0.1, 0.15) is 11.2 Å². The third-order valence-corrected chi connectivity index (χ3v) is 5.06. The number of anilines is 2. The number of fused-ring (bicyclic) bond motifs is 1. The summed E-state index contributed by atoms with van der Waals surface area (Å²) in [6, 6.07) is 8.43. The molecule has 7 heteroatoms. The molecule has 1 saturated carbocycles. The van der Waals surface area contributed by atoms with Crippen LogP contribution in [0.1, 0.15) is 37.3 Å². The third-order valence-electron chi connectivity index (χ3n) is 5.06. The minimum Gasteiger partial charge on any atom is -0.338 e. The van der Waals surface area contributed by atoms with Gasteiger partial charge in [-0.2, -0.15) is 10.4 Å². The third kappa shape index (κ3) is 3.19. The number of pyridine rings is 1. The van der Waals surface area contributed by atoms with E-state index in [4.69, 9.17) is 0 Å². The Labute approximate surface area is 155 Å². The fourth-order valence-electron chi connectivity index (χ4n) is 3.85. The average molecular weight is 364 g/mol. The molecule has 2 N–H and O–H groups in total. The highest BCUT2D eigenvalue weighted by Gasteiger charge is 2.29. The second kappa shape index (κ2) is 6.88. The number of hydrogen-bond donors (Lipinski definition) is 2. The van der Waals surface area contributed by atoms with Gasteiger partial charge in [-0.05, 0) is 49.6 Å². The zero-order chi connectivity index (χ0) is 19.0. The Morgan fingerprint density at radius 3 is 2.93 bits per heavy atom. The zero-order valence-electron chi connectivity index (χ0n) is 14.7. The fraction of sp³-hybridized carbons (Fsp3) is 0.300. The van der Waals surface area contributed by atoms with Gasteiger partial charge in [-0.25, -0.2) is 4.39 Å². The molecule has 0 spiro atoms. The van der Waals surface area contributed by atoms with E-state index in [2.05, 4.69) is 28.4 Å². The van der Waals surface area contributed by atoms with E-state index in [0.29, 0.717) is 28.0 Å². The number of hydrogen-bond acceptors (Lipinski definition) is 4. The standard InChI is InChI=1S/C20H19FN5O/c1-12-8-14(21)10-15(9-12)24-19-18-17(6-7-23-20(18)27)26(25-19)16-5-3-2-4-13(16)11-22/h6-10,13,16H,1-5H2,(H,23,27)(H,24,25). The summed E-state index contributed by atoms with van der Waals surface area (Å²) >= 11 is 0. The number of rotatable bonds is 3. The lowest BCUT2D eigenvalue weighted by molar-refractivity contribution is 0.277. The molecule has 3 aromatic rings. The van der Waals surface area contributed by atoms with Crippen LogP contribution in [0.15, 0.2) is 35.3 Å². The smallest absolute Gasteiger partial charge is 0.261 e. The number of benzene rings is 1. The number of nitrogens with zero attached hydrogens (tertiary/aromatic N) is 3. The number of H-pyrrole nitrogens is 1. The molecule has 6 nitrogen and oxygen atoms in total. The molecule has 1 radical (unpaired) electrons. The van der Waals surface area contributed by atoms with Crippen LogP contribution in [-0.4, -0.2) is 14.8 Å². The highest BCUT2D eigenvalue weighted by Crippen LogP contribution is 2.36. The van der Waals surface area contributed by atoms with Crippen LogP contribution in [0.25, 0.3) is 10.9 Å². The Hall–Kier alpha value is -3.14. The number of halogens is 1. The minimum atomic E-state index is -0.417. The van der Waals surface area contributed by atoms with Crippen molar-refractivity contribution in [1.29, 1.82) is 5.26 Å². The molecule has 1 aliphatic carbocycles. The lowest BCUT2D eigenvalue weighted by atomic mass is 9.85. The maximum atomic E-state index is 13.7. The minimum absolute atomic E-state index is 0.0838. The van der Waals surface area contributed by atoms with Gasteiger partial charge in [0.15, 0.2) is 5.82 Å². The van der Waals surface area contributed by atoms with Crippen LogP contribution in [0.5, 0.6) is 0 Å². The second-order valence-electron chi connectivity index (χ2n) is 6.92. The SMILES string of the molecule is [CH2]c1cc(F)cc(Nc2nn(C3CCCCC3C#N)c3cc[nH]c(=O)c23)c1. The maximum Gasteiger partial charge on any atom is 0.261 e. The molecule has 0 aliphatic heterocycles. The first-order chi connectivity index (χ1) is 13.1. The highest BCUT2D eigenvalue weighted by molar-refractivity contribution is 5.91. The maximum absolute atomic E-state index is 13.7. The number of aromatic amines is 1. The van der Waals surface area contributed by atoms with Gasteiger partial charge in [0.25, 0.3) is 5.56 Å². The molecular weight excluding hydrogens is 345 g/mol. The van der Waals surface area contributed by atoms with Crippen molar-refractivity contribution in [1.82, 2.24) is 14.8 Å². The van der Waals surface area contributed by atoms with Crippen molar-refractivity contribution in [2.45, 2.75) is 31.7 Å². The second-order valence-corrected chi connectivity index (χ2v) is 6.92. The van der Waals surface area contributed by atoms with Crippen LogP contribution in [0.4, 0.5) is 15.9 Å². The summed E-state index contributed by atoms with van der Waals surface area (Å²) in [5, 5.41) is 17.6. The summed E-state index contributed by atoms with van der Waals surface area (Å²) in [6.45, 7) is 3.75. The van der Waals surface area contributed by atoms with E-state index in [9.17, 15) is 14.4 Å². The van der Waals surface area contributed by atoms with E-state index in [1.54, 1.807) is 23.0 Å². The van der Waals surface area contributed by atoms with Crippen LogP contribution in [0.2, 0.25) is 0 Å². The van der Waals surface area contributed by atoms with Crippen molar-refractivity contribution >= 4 is 22.4 Å². The van der Waals surface area contributed by atoms with Crippen molar-refractivity contribution in [2.75, 3.05) is 5.32 Å². The van der Waals surface area contributed by atoms with Gasteiger partial charge in [-0.15, -0.1) is 0 Å². The lowest BCUT2D eigenvalue weighted by Gasteiger charge is -2.27. The van der Waals surface area contributed by atoms with Crippen molar-refractivity contribution < 1.29 is 4.39 Å². The van der Waals surface area contributed by atoms with E-state index in [-0.39, 0.29) is 17.5 Å². The molecule has 4 rings (SSSR count). The van der Waals surface area contributed by atoms with Gasteiger partial charge in [-0.3, -0.25) is 9.48 Å². The molecular formula is C20H19FN5O. The van der Waals surface area contributed by atoms with E-state index in [1.807, 2.05) is 0 Å². The topological polar surface area (TPSA) is 86.5 Å². The predicted octanol–water partition coefficient (Wildman–Crippen LogP) is 4.04. The fourth-order valence-corrected chi connectivity index (χ4v) is 3.85. The molecule has 2 atom stereocenters. The van der Waals surface area contributed by atoms with E-state index >= 15 is 0 Å². The van der Waals surface area contributed by atoms with Gasteiger partial charge in [0.2, 0.25) is 0 Å². The molecule has 137 valence electrons. The molecule has 1 aromatic carbocycles. The molecule has 1 aliphatic rings. The number of nitriles is 1. The number of aromatic nitrogens is 3. The summed E-state index contributed by atoms with van der Waals surface area (Å²) in [5.74, 6) is -0.215. The molecule has 2 unspecified atom stereocenters. The monoisotopic (exact) mass is 364 g/mol. The summed E-state index contributed by atoms with van der Waals surface area (Å²) < 4.78 is 15.5. The largest absolute Gasteiger partial charge is 0.338 e. The molecule has 27 heavy (non-hydrogen) atoms. The molecule has 2 aromatic heterocycles. The predicted molar refractivity (Wildman–Crippen MR) is 101 cm³/mol. The lowest BCUT2D eigenvalue weighted by Crippen LogP contribution is -2.23. The van der Waals surface area contributed by atoms with Crippen molar-refractivity contribution in [3.63, 3.8) is 0 Å². The van der Waals surface area contributed by atoms with Crippen LogP contribution in [0.3, 0.4) is 0 Å². The van der Waals surface area contributed by atoms with Gasteiger partial charge >= 0.3 is 0 Å². The van der Waals surface area contributed by atoms with Crippen molar-refractivity contribution in [2.24, 2.45) is 5.92 Å². The quantitative estimate of drug-likeness (QED) is 0.734. The van der Waals surface area contributed by atoms with Gasteiger partial charge in [0, 0.05) is 11.9 Å². The van der Waals surface area contributed by atoms with Crippen LogP contribution in [0, 0.1) is 30.0 Å². The van der Waals surface area contributed by atoms with Crippen LogP contribution in [-0.2, 0) is 0 Å². The van der Waals surface area contributed by atoms with Gasteiger partial charge in [-0.1, -0.05) is 12.8 Å². The molecule has 0 bridgehead atoms. The first-order valence-corrected chi connectivity index (χ1v) is 8.96. The van der Waals surface area contributed by atoms with Crippen LogP contribution >= 0.6 is 0 Å². The van der Waals surface area contributed by atoms with E-state index in [0.717, 1.165) is 25.7 Å². The Balaban J connectivity index is 1.84. The summed E-state index contributed by atoms with van der Waals surface area (Å²) in [4.78, 5) is 15.1. The first-order valence-electron chi connectivity index (χ1n) is 8.96. The summed E-state index contributed by atoms with van der Waals surface area (Å²) in [6.07, 6.45) is 5.28. The van der Waals surface area contributed by atoms with Crippen molar-refractivity contribution in [3.8, 4) is 6.07 Å². The van der Waals surface area contributed by atoms with Crippen molar-refractivity contribution in [3.05, 3.63) is 59.1 Å². The Morgan fingerprint density at radius 2 is 2.15 bits per heavy atom. The Morgan fingerprint density at radius 1 is 1.33 bits per heavy atom. The zero-order valence-corrected chi connectivity index (χ0v) is 14.7. The van der Waals surface area contributed by atoms with E-state index in [1.165, 1.54) is 12.1 Å². The molecule has 0 saturated heterocycles. The highest BCUT2D eigenvalue weighted by atomic mass is 19.1. The average Bonchev–Trinajstić information content (AvgIpc) is 3.00. The Kier molecular flexibility index (Phi) is 4.40. The van der Waals surface area contributed by atoms with Gasteiger partial charge < -0.3 is 10.3 Å².